The first-order chi connectivity index (χ1) is 10.8. The highest BCUT2D eigenvalue weighted by atomic mass is 19.1. The summed E-state index contributed by atoms with van der Waals surface area (Å²) in [6.45, 7) is 2.00. The van der Waals surface area contributed by atoms with Crippen molar-refractivity contribution in [3.8, 4) is 11.4 Å². The summed E-state index contributed by atoms with van der Waals surface area (Å²) in [5.74, 6) is 0.453. The zero-order valence-electron chi connectivity index (χ0n) is 11.8. The fourth-order valence-electron chi connectivity index (χ4n) is 1.88. The monoisotopic (exact) mass is 300 g/mol. The summed E-state index contributed by atoms with van der Waals surface area (Å²) in [5.41, 5.74) is 1.16. The Balaban J connectivity index is 1.72. The van der Waals surface area contributed by atoms with Crippen LogP contribution in [-0.4, -0.2) is 25.1 Å². The molecule has 112 valence electrons. The van der Waals surface area contributed by atoms with Gasteiger partial charge in [0.25, 0.3) is 0 Å². The highest BCUT2D eigenvalue weighted by Crippen LogP contribution is 2.16. The number of rotatable bonds is 5. The quantitative estimate of drug-likeness (QED) is 0.772. The summed E-state index contributed by atoms with van der Waals surface area (Å²) in [6, 6.07) is 3.55. The molecule has 3 rings (SSSR count). The molecule has 7 nitrogen and oxygen atoms in total. The zero-order chi connectivity index (χ0) is 15.4. The van der Waals surface area contributed by atoms with Crippen molar-refractivity contribution in [2.24, 2.45) is 0 Å². The first-order valence-electron chi connectivity index (χ1n) is 6.74. The largest absolute Gasteiger partial charge is 0.358 e. The lowest BCUT2D eigenvalue weighted by Crippen LogP contribution is -2.07. The normalized spacial score (nSPS) is 10.6. The maximum atomic E-state index is 14.0. The van der Waals surface area contributed by atoms with Crippen LogP contribution in [0.25, 0.3) is 11.4 Å². The van der Waals surface area contributed by atoms with Crippen LogP contribution in [0.3, 0.4) is 0 Å². The van der Waals surface area contributed by atoms with Gasteiger partial charge in [0, 0.05) is 18.0 Å². The van der Waals surface area contributed by atoms with Crippen molar-refractivity contribution in [3.63, 3.8) is 0 Å². The molecule has 0 aromatic carbocycles. The number of hydrogen-bond acceptors (Lipinski definition) is 7. The van der Waals surface area contributed by atoms with Crippen molar-refractivity contribution in [2.45, 2.75) is 19.9 Å². The summed E-state index contributed by atoms with van der Waals surface area (Å²) >= 11 is 0. The van der Waals surface area contributed by atoms with E-state index in [-0.39, 0.29) is 12.4 Å². The lowest BCUT2D eigenvalue weighted by molar-refractivity contribution is 0.383. The van der Waals surface area contributed by atoms with E-state index >= 15 is 0 Å². The van der Waals surface area contributed by atoms with Crippen LogP contribution in [-0.2, 0) is 13.0 Å². The number of aryl methyl sites for hydroxylation is 1. The fourth-order valence-corrected chi connectivity index (χ4v) is 1.88. The number of halogens is 1. The Bertz CT molecular complexity index is 761. The van der Waals surface area contributed by atoms with Crippen molar-refractivity contribution < 1.29 is 8.91 Å². The average Bonchev–Trinajstić information content (AvgIpc) is 3.04. The molecule has 0 bridgehead atoms. The number of nitrogens with zero attached hydrogens (tertiary/aromatic N) is 5. The van der Waals surface area contributed by atoms with Crippen molar-refractivity contribution in [2.75, 3.05) is 5.32 Å². The summed E-state index contributed by atoms with van der Waals surface area (Å²) in [7, 11) is 0. The number of anilines is 1. The third kappa shape index (κ3) is 2.90. The van der Waals surface area contributed by atoms with E-state index in [9.17, 15) is 4.39 Å². The molecule has 3 aromatic heterocycles. The van der Waals surface area contributed by atoms with Crippen LogP contribution in [0.2, 0.25) is 0 Å². The standard InChI is InChI=1S/C14H13FN6O/c1-2-10-12(15)14(19-8-18-10)17-7-11-20-13(21-22-11)9-3-5-16-6-4-9/h3-6,8H,2,7H2,1H3,(H,17,18,19). The minimum Gasteiger partial charge on any atom is -0.358 e. The van der Waals surface area contributed by atoms with Gasteiger partial charge in [-0.1, -0.05) is 12.1 Å². The van der Waals surface area contributed by atoms with E-state index in [4.69, 9.17) is 4.52 Å². The van der Waals surface area contributed by atoms with Gasteiger partial charge in [-0.05, 0) is 18.6 Å². The van der Waals surface area contributed by atoms with Gasteiger partial charge in [-0.15, -0.1) is 0 Å². The highest BCUT2D eigenvalue weighted by Gasteiger charge is 2.12. The lowest BCUT2D eigenvalue weighted by Gasteiger charge is -2.05. The van der Waals surface area contributed by atoms with E-state index in [1.54, 1.807) is 24.5 Å². The number of pyridine rings is 1. The molecule has 0 atom stereocenters. The minimum atomic E-state index is -0.459. The zero-order valence-corrected chi connectivity index (χ0v) is 11.8. The summed E-state index contributed by atoms with van der Waals surface area (Å²) in [5, 5.41) is 6.71. The molecular formula is C14H13FN6O. The molecule has 0 saturated heterocycles. The van der Waals surface area contributed by atoms with Gasteiger partial charge in [0.05, 0.1) is 12.2 Å². The van der Waals surface area contributed by atoms with Crippen molar-refractivity contribution in [1.29, 1.82) is 0 Å². The minimum absolute atomic E-state index is 0.121. The molecule has 0 aliphatic rings. The van der Waals surface area contributed by atoms with Gasteiger partial charge >= 0.3 is 0 Å². The third-order valence-corrected chi connectivity index (χ3v) is 3.01. The van der Waals surface area contributed by atoms with Gasteiger partial charge in [-0.3, -0.25) is 4.98 Å². The van der Waals surface area contributed by atoms with Crippen molar-refractivity contribution >= 4 is 5.82 Å². The molecule has 3 aromatic rings. The van der Waals surface area contributed by atoms with Gasteiger partial charge in [-0.25, -0.2) is 14.4 Å². The topological polar surface area (TPSA) is 89.6 Å². The second kappa shape index (κ2) is 6.25. The molecule has 0 unspecified atom stereocenters. The Morgan fingerprint density at radius 3 is 2.82 bits per heavy atom. The highest BCUT2D eigenvalue weighted by molar-refractivity contribution is 5.52. The maximum absolute atomic E-state index is 14.0. The second-order valence-electron chi connectivity index (χ2n) is 4.44. The summed E-state index contributed by atoms with van der Waals surface area (Å²) < 4.78 is 19.1. The predicted octanol–water partition coefficient (Wildman–Crippen LogP) is 2.24. The number of hydrogen-bond donors (Lipinski definition) is 1. The molecular weight excluding hydrogens is 287 g/mol. The SMILES string of the molecule is CCc1ncnc(NCc2nc(-c3ccncc3)no2)c1F. The Hall–Kier alpha value is -2.90. The molecule has 0 saturated carbocycles. The molecule has 0 aliphatic carbocycles. The summed E-state index contributed by atoms with van der Waals surface area (Å²) in [4.78, 5) is 15.9. The number of aromatic nitrogens is 5. The van der Waals surface area contributed by atoms with Crippen LogP contribution >= 0.6 is 0 Å². The van der Waals surface area contributed by atoms with Crippen LogP contribution in [0.5, 0.6) is 0 Å². The molecule has 0 fully saturated rings. The first kappa shape index (κ1) is 14.1. The Morgan fingerprint density at radius 1 is 1.23 bits per heavy atom. The lowest BCUT2D eigenvalue weighted by atomic mass is 10.2. The molecule has 0 amide bonds. The maximum Gasteiger partial charge on any atom is 0.246 e. The van der Waals surface area contributed by atoms with Gasteiger partial charge in [0.1, 0.15) is 6.33 Å². The van der Waals surface area contributed by atoms with Crippen molar-refractivity contribution in [1.82, 2.24) is 25.1 Å². The Labute approximate surface area is 125 Å². The average molecular weight is 300 g/mol. The van der Waals surface area contributed by atoms with E-state index in [1.807, 2.05) is 6.92 Å². The van der Waals surface area contributed by atoms with Crippen molar-refractivity contribution in [3.05, 3.63) is 48.3 Å². The number of nitrogens with one attached hydrogen (secondary N) is 1. The molecule has 22 heavy (non-hydrogen) atoms. The fraction of sp³-hybridized carbons (Fsp3) is 0.214. The second-order valence-corrected chi connectivity index (χ2v) is 4.44. The molecule has 3 heterocycles. The van der Waals surface area contributed by atoms with Gasteiger partial charge in [-0.2, -0.15) is 4.98 Å². The van der Waals surface area contributed by atoms with E-state index in [1.165, 1.54) is 6.33 Å². The molecule has 8 heteroatoms. The van der Waals surface area contributed by atoms with Crippen LogP contribution in [0, 0.1) is 5.82 Å². The predicted molar refractivity (Wildman–Crippen MR) is 76.2 cm³/mol. The Kier molecular flexibility index (Phi) is 3.99. The van der Waals surface area contributed by atoms with Crippen LogP contribution in [0.15, 0.2) is 35.4 Å². The molecule has 0 aliphatic heterocycles. The van der Waals surface area contributed by atoms with Gasteiger partial charge < -0.3 is 9.84 Å². The van der Waals surface area contributed by atoms with Crippen LogP contribution in [0.1, 0.15) is 18.5 Å². The first-order valence-corrected chi connectivity index (χ1v) is 6.74. The Morgan fingerprint density at radius 2 is 2.05 bits per heavy atom. The van der Waals surface area contributed by atoms with Gasteiger partial charge in [0.15, 0.2) is 11.6 Å². The van der Waals surface area contributed by atoms with Crippen LogP contribution in [0.4, 0.5) is 10.2 Å². The molecule has 1 N–H and O–H groups in total. The van der Waals surface area contributed by atoms with E-state index in [2.05, 4.69) is 30.4 Å². The summed E-state index contributed by atoms with van der Waals surface area (Å²) in [6.07, 6.45) is 5.11. The van der Waals surface area contributed by atoms with E-state index in [0.717, 1.165) is 5.56 Å². The molecule has 0 radical (unpaired) electrons. The van der Waals surface area contributed by atoms with Crippen LogP contribution < -0.4 is 5.32 Å². The van der Waals surface area contributed by atoms with E-state index < -0.39 is 5.82 Å². The van der Waals surface area contributed by atoms with E-state index in [0.29, 0.717) is 23.8 Å². The van der Waals surface area contributed by atoms with Gasteiger partial charge in [0.2, 0.25) is 11.7 Å². The third-order valence-electron chi connectivity index (χ3n) is 3.01. The smallest absolute Gasteiger partial charge is 0.246 e. The molecule has 0 spiro atoms.